The van der Waals surface area contributed by atoms with Crippen LogP contribution in [0.3, 0.4) is 0 Å². The van der Waals surface area contributed by atoms with Crippen LogP contribution in [0.25, 0.3) is 0 Å². The molecule has 2 fully saturated rings. The molecule has 0 aromatic heterocycles. The van der Waals surface area contributed by atoms with Crippen LogP contribution in [-0.2, 0) is 0 Å². The molecule has 0 spiro atoms. The van der Waals surface area contributed by atoms with Gasteiger partial charge in [0.1, 0.15) is 0 Å². The first-order valence-corrected chi connectivity index (χ1v) is 6.55. The molecule has 2 saturated heterocycles. The Hall–Kier alpha value is 0.270. The Morgan fingerprint density at radius 3 is 3.08 bits per heavy atom. The first-order chi connectivity index (χ1) is 6.42. The van der Waals surface area contributed by atoms with Crippen LogP contribution in [-0.4, -0.2) is 29.8 Å². The zero-order chi connectivity index (χ0) is 9.10. The van der Waals surface area contributed by atoms with Crippen LogP contribution in [0, 0.1) is 0 Å². The number of thioether (sulfide) groups is 1. The molecule has 0 bridgehead atoms. The summed E-state index contributed by atoms with van der Waals surface area (Å²) in [5, 5.41) is 7.95. The second-order valence-corrected chi connectivity index (χ2v) is 5.36. The minimum Gasteiger partial charge on any atom is -0.299 e. The van der Waals surface area contributed by atoms with Crippen molar-refractivity contribution < 1.29 is 0 Å². The highest BCUT2D eigenvalue weighted by Gasteiger charge is 2.38. The van der Waals surface area contributed by atoms with E-state index in [2.05, 4.69) is 29.3 Å². The maximum Gasteiger partial charge on any atom is 0.0460 e. The summed E-state index contributed by atoms with van der Waals surface area (Å²) in [6.07, 6.45) is 5.58. The summed E-state index contributed by atoms with van der Waals surface area (Å²) in [6.45, 7) is 3.31. The Kier molecular flexibility index (Phi) is 3.52. The van der Waals surface area contributed by atoms with Crippen molar-refractivity contribution in [1.29, 1.82) is 0 Å². The van der Waals surface area contributed by atoms with Gasteiger partial charge in [0.05, 0.1) is 0 Å². The van der Waals surface area contributed by atoms with E-state index < -0.39 is 0 Å². The van der Waals surface area contributed by atoms with Gasteiger partial charge in [-0.05, 0) is 6.42 Å². The molecule has 0 aliphatic carbocycles. The van der Waals surface area contributed by atoms with Crippen molar-refractivity contribution in [3.8, 4) is 0 Å². The molecule has 2 aliphatic heterocycles. The third kappa shape index (κ3) is 2.20. The molecule has 13 heavy (non-hydrogen) atoms. The van der Waals surface area contributed by atoms with Gasteiger partial charge in [-0.25, -0.2) is 0 Å². The van der Waals surface area contributed by atoms with Crippen LogP contribution < -0.4 is 10.6 Å². The molecule has 2 aliphatic rings. The van der Waals surface area contributed by atoms with Crippen molar-refractivity contribution in [3.05, 3.63) is 0 Å². The number of hydrogen-bond donors (Lipinski definition) is 2. The largest absolute Gasteiger partial charge is 0.299 e. The highest BCUT2D eigenvalue weighted by atomic mass is 32.2. The Labute approximate surface area is 85.2 Å². The SMILES string of the molecule is CCCCCC1SCC2NCNC21. The molecule has 2 N–H and O–H groups in total. The van der Waals surface area contributed by atoms with Crippen molar-refractivity contribution in [3.63, 3.8) is 0 Å². The Morgan fingerprint density at radius 2 is 2.23 bits per heavy atom. The van der Waals surface area contributed by atoms with Gasteiger partial charge in [0.25, 0.3) is 0 Å². The van der Waals surface area contributed by atoms with E-state index in [0.717, 1.165) is 24.0 Å². The van der Waals surface area contributed by atoms with Crippen LogP contribution >= 0.6 is 11.8 Å². The summed E-state index contributed by atoms with van der Waals surface area (Å²) >= 11 is 2.16. The van der Waals surface area contributed by atoms with Gasteiger partial charge in [0.15, 0.2) is 0 Å². The van der Waals surface area contributed by atoms with Gasteiger partial charge in [-0.15, -0.1) is 0 Å². The Morgan fingerprint density at radius 1 is 1.31 bits per heavy atom. The fourth-order valence-electron chi connectivity index (χ4n) is 2.32. The number of nitrogens with one attached hydrogen (secondary N) is 2. The summed E-state index contributed by atoms with van der Waals surface area (Å²) in [5.74, 6) is 1.31. The first kappa shape index (κ1) is 9.81. The van der Waals surface area contributed by atoms with Gasteiger partial charge in [0.2, 0.25) is 0 Å². The van der Waals surface area contributed by atoms with Crippen LogP contribution in [0.5, 0.6) is 0 Å². The molecule has 0 saturated carbocycles. The maximum absolute atomic E-state index is 3.56. The topological polar surface area (TPSA) is 24.1 Å². The first-order valence-electron chi connectivity index (χ1n) is 5.50. The smallest absolute Gasteiger partial charge is 0.0460 e. The second-order valence-electron chi connectivity index (χ2n) is 4.08. The average Bonchev–Trinajstić information content (AvgIpc) is 2.68. The lowest BCUT2D eigenvalue weighted by Gasteiger charge is -2.16. The van der Waals surface area contributed by atoms with E-state index in [1.54, 1.807) is 0 Å². The highest BCUT2D eigenvalue weighted by Crippen LogP contribution is 2.32. The number of hydrogen-bond acceptors (Lipinski definition) is 3. The van der Waals surface area contributed by atoms with Gasteiger partial charge in [0, 0.05) is 29.8 Å². The van der Waals surface area contributed by atoms with E-state index in [-0.39, 0.29) is 0 Å². The lowest BCUT2D eigenvalue weighted by molar-refractivity contribution is 0.513. The molecule has 3 atom stereocenters. The fourth-order valence-corrected chi connectivity index (χ4v) is 3.93. The number of fused-ring (bicyclic) bond motifs is 1. The van der Waals surface area contributed by atoms with Crippen LogP contribution in [0.4, 0.5) is 0 Å². The lowest BCUT2D eigenvalue weighted by Crippen LogP contribution is -2.36. The van der Waals surface area contributed by atoms with Gasteiger partial charge in [-0.1, -0.05) is 26.2 Å². The molecule has 3 heteroatoms. The maximum atomic E-state index is 3.56. The van der Waals surface area contributed by atoms with E-state index in [1.165, 1.54) is 31.4 Å². The van der Waals surface area contributed by atoms with E-state index >= 15 is 0 Å². The fraction of sp³-hybridized carbons (Fsp3) is 1.00. The predicted molar refractivity (Wildman–Crippen MR) is 59.1 cm³/mol. The molecular formula is C10H20N2S. The standard InChI is InChI=1S/C10H20N2S/c1-2-3-4-5-9-10-8(6-13-9)11-7-12-10/h8-12H,2-7H2,1H3. The van der Waals surface area contributed by atoms with Gasteiger partial charge in [-0.2, -0.15) is 11.8 Å². The Bertz CT molecular complexity index is 163. The van der Waals surface area contributed by atoms with Gasteiger partial charge >= 0.3 is 0 Å². The minimum absolute atomic E-state index is 0.761. The molecule has 0 radical (unpaired) electrons. The zero-order valence-electron chi connectivity index (χ0n) is 8.38. The van der Waals surface area contributed by atoms with Crippen LogP contribution in [0.15, 0.2) is 0 Å². The molecule has 2 nitrogen and oxygen atoms in total. The van der Waals surface area contributed by atoms with Crippen molar-refractivity contribution in [2.24, 2.45) is 0 Å². The zero-order valence-corrected chi connectivity index (χ0v) is 9.20. The van der Waals surface area contributed by atoms with Crippen molar-refractivity contribution in [2.45, 2.75) is 49.9 Å². The quantitative estimate of drug-likeness (QED) is 0.674. The van der Waals surface area contributed by atoms with Crippen molar-refractivity contribution >= 4 is 11.8 Å². The minimum atomic E-state index is 0.761. The third-order valence-electron chi connectivity index (χ3n) is 3.12. The molecule has 0 aromatic carbocycles. The predicted octanol–water partition coefficient (Wildman–Crippen LogP) is 1.57. The summed E-state index contributed by atoms with van der Waals surface area (Å²) < 4.78 is 0. The van der Waals surface area contributed by atoms with Crippen LogP contribution in [0.1, 0.15) is 32.6 Å². The highest BCUT2D eigenvalue weighted by molar-refractivity contribution is 8.00. The third-order valence-corrected chi connectivity index (χ3v) is 4.63. The molecule has 2 rings (SSSR count). The van der Waals surface area contributed by atoms with E-state index in [4.69, 9.17) is 0 Å². The van der Waals surface area contributed by atoms with E-state index in [9.17, 15) is 0 Å². The Balaban J connectivity index is 1.74. The average molecular weight is 200 g/mol. The molecule has 76 valence electrons. The summed E-state index contributed by atoms with van der Waals surface area (Å²) in [6, 6.07) is 1.53. The van der Waals surface area contributed by atoms with E-state index in [0.29, 0.717) is 0 Å². The molecule has 3 unspecified atom stereocenters. The summed E-state index contributed by atoms with van der Waals surface area (Å²) in [4.78, 5) is 0. The molecular weight excluding hydrogens is 180 g/mol. The van der Waals surface area contributed by atoms with Gasteiger partial charge in [-0.3, -0.25) is 10.6 Å². The monoisotopic (exact) mass is 200 g/mol. The summed E-state index contributed by atoms with van der Waals surface area (Å²) in [5.41, 5.74) is 0. The van der Waals surface area contributed by atoms with E-state index in [1.807, 2.05) is 0 Å². The lowest BCUT2D eigenvalue weighted by atomic mass is 10.0. The van der Waals surface area contributed by atoms with Gasteiger partial charge < -0.3 is 0 Å². The normalized spacial score (nSPS) is 38.1. The second kappa shape index (κ2) is 4.67. The number of unbranched alkanes of at least 4 members (excludes halogenated alkanes) is 2. The van der Waals surface area contributed by atoms with Crippen molar-refractivity contribution in [2.75, 3.05) is 12.4 Å². The molecule has 0 amide bonds. The van der Waals surface area contributed by atoms with Crippen molar-refractivity contribution in [1.82, 2.24) is 10.6 Å². The van der Waals surface area contributed by atoms with Crippen LogP contribution in [0.2, 0.25) is 0 Å². The molecule has 2 heterocycles. The molecule has 0 aromatic rings. The summed E-state index contributed by atoms with van der Waals surface area (Å²) in [7, 11) is 0. The number of rotatable bonds is 4.